The van der Waals surface area contributed by atoms with Crippen LogP contribution >= 0.6 is 0 Å². The lowest BCUT2D eigenvalue weighted by Gasteiger charge is -2.29. The number of methoxy groups -OCH3 is 1. The normalized spacial score (nSPS) is 17.1. The largest absolute Gasteiger partial charge is 0.497 e. The fraction of sp³-hybridized carbons (Fsp3) is 0.400. The Balaban J connectivity index is 2.33. The Hall–Kier alpha value is -1.97. The van der Waals surface area contributed by atoms with Crippen LogP contribution in [0.15, 0.2) is 23.2 Å². The number of ether oxygens (including phenoxy) is 1. The van der Waals surface area contributed by atoms with Gasteiger partial charge in [-0.15, -0.1) is 0 Å². The highest BCUT2D eigenvalue weighted by atomic mass is 16.5. The zero-order valence-corrected chi connectivity index (χ0v) is 11.9. The molecule has 0 bridgehead atoms. The van der Waals surface area contributed by atoms with Crippen molar-refractivity contribution in [2.45, 2.75) is 13.5 Å². The number of hydrogen-bond acceptors (Lipinski definition) is 2. The SMILES string of the molecule is CN=C1c2c(C)c3cc(OC)ccc3n2CCN1C. The number of rotatable bonds is 1. The molecule has 1 aromatic heterocycles. The lowest BCUT2D eigenvalue weighted by Crippen LogP contribution is -2.38. The number of benzene rings is 1. The number of hydrogen-bond donors (Lipinski definition) is 0. The van der Waals surface area contributed by atoms with E-state index in [1.807, 2.05) is 13.1 Å². The Morgan fingerprint density at radius 2 is 2.05 bits per heavy atom. The summed E-state index contributed by atoms with van der Waals surface area (Å²) in [6.07, 6.45) is 0. The van der Waals surface area contributed by atoms with Crippen LogP contribution < -0.4 is 4.74 Å². The number of amidine groups is 1. The maximum atomic E-state index is 5.33. The van der Waals surface area contributed by atoms with Crippen LogP contribution in [0.2, 0.25) is 0 Å². The zero-order chi connectivity index (χ0) is 13.6. The third-order valence-corrected chi connectivity index (χ3v) is 3.97. The van der Waals surface area contributed by atoms with E-state index in [1.54, 1.807) is 7.11 Å². The molecule has 0 radical (unpaired) electrons. The zero-order valence-electron chi connectivity index (χ0n) is 11.9. The molecule has 4 heteroatoms. The van der Waals surface area contributed by atoms with Crippen molar-refractivity contribution in [1.29, 1.82) is 0 Å². The summed E-state index contributed by atoms with van der Waals surface area (Å²) in [4.78, 5) is 6.68. The molecule has 0 N–H and O–H groups in total. The molecule has 19 heavy (non-hydrogen) atoms. The Bertz CT molecular complexity index is 670. The van der Waals surface area contributed by atoms with E-state index < -0.39 is 0 Å². The molecule has 0 unspecified atom stereocenters. The molecular formula is C15H19N3O. The summed E-state index contributed by atoms with van der Waals surface area (Å²) in [6, 6.07) is 6.28. The molecule has 1 aliphatic heterocycles. The highest BCUT2D eigenvalue weighted by Crippen LogP contribution is 2.31. The number of likely N-dealkylation sites (N-methyl/N-ethyl adjacent to an activating group) is 1. The maximum Gasteiger partial charge on any atom is 0.147 e. The minimum atomic E-state index is 0.905. The molecule has 0 aliphatic carbocycles. The molecule has 0 saturated heterocycles. The molecule has 2 heterocycles. The van der Waals surface area contributed by atoms with Crippen LogP contribution in [0.1, 0.15) is 11.3 Å². The van der Waals surface area contributed by atoms with Gasteiger partial charge in [0.2, 0.25) is 0 Å². The molecule has 2 aromatic rings. The molecule has 4 nitrogen and oxygen atoms in total. The third kappa shape index (κ3) is 1.63. The fourth-order valence-electron chi connectivity index (χ4n) is 2.96. The van der Waals surface area contributed by atoms with Crippen molar-refractivity contribution in [2.75, 3.05) is 27.7 Å². The molecular weight excluding hydrogens is 238 g/mol. The predicted octanol–water partition coefficient (Wildman–Crippen LogP) is 2.28. The summed E-state index contributed by atoms with van der Waals surface area (Å²) < 4.78 is 7.70. The van der Waals surface area contributed by atoms with Gasteiger partial charge in [-0.25, -0.2) is 0 Å². The van der Waals surface area contributed by atoms with Gasteiger partial charge < -0.3 is 14.2 Å². The first-order chi connectivity index (χ1) is 9.17. The van der Waals surface area contributed by atoms with Crippen LogP contribution in [0.25, 0.3) is 10.9 Å². The first-order valence-corrected chi connectivity index (χ1v) is 6.52. The Labute approximate surface area is 113 Å². The Morgan fingerprint density at radius 3 is 2.74 bits per heavy atom. The summed E-state index contributed by atoms with van der Waals surface area (Å²) in [5.74, 6) is 1.97. The van der Waals surface area contributed by atoms with Crippen molar-refractivity contribution in [3.8, 4) is 5.75 Å². The smallest absolute Gasteiger partial charge is 0.147 e. The Kier molecular flexibility index (Phi) is 2.73. The molecule has 0 fully saturated rings. The summed E-state index contributed by atoms with van der Waals surface area (Å²) in [5, 5.41) is 1.26. The van der Waals surface area contributed by atoms with E-state index in [2.05, 4.69) is 40.6 Å². The van der Waals surface area contributed by atoms with Gasteiger partial charge in [-0.2, -0.15) is 0 Å². The average Bonchev–Trinajstić information content (AvgIpc) is 2.72. The quantitative estimate of drug-likeness (QED) is 0.784. The standard InChI is InChI=1S/C15H19N3O/c1-10-12-9-11(19-4)5-6-13(12)18-8-7-17(3)15(16-2)14(10)18/h5-6,9H,7-8H2,1-4H3. The van der Waals surface area contributed by atoms with Crippen molar-refractivity contribution in [2.24, 2.45) is 4.99 Å². The van der Waals surface area contributed by atoms with Crippen LogP contribution in [0.3, 0.4) is 0 Å². The predicted molar refractivity (Wildman–Crippen MR) is 78.3 cm³/mol. The van der Waals surface area contributed by atoms with Gasteiger partial charge in [0.1, 0.15) is 11.6 Å². The third-order valence-electron chi connectivity index (χ3n) is 3.97. The first-order valence-electron chi connectivity index (χ1n) is 6.52. The maximum absolute atomic E-state index is 5.33. The fourth-order valence-corrected chi connectivity index (χ4v) is 2.96. The highest BCUT2D eigenvalue weighted by Gasteiger charge is 2.24. The van der Waals surface area contributed by atoms with Gasteiger partial charge in [-0.05, 0) is 30.7 Å². The van der Waals surface area contributed by atoms with Crippen LogP contribution in [0, 0.1) is 6.92 Å². The lowest BCUT2D eigenvalue weighted by molar-refractivity contribution is 0.415. The van der Waals surface area contributed by atoms with E-state index in [-0.39, 0.29) is 0 Å². The Morgan fingerprint density at radius 1 is 1.26 bits per heavy atom. The van der Waals surface area contributed by atoms with Crippen LogP contribution in [0.5, 0.6) is 5.75 Å². The van der Waals surface area contributed by atoms with Crippen molar-refractivity contribution in [3.63, 3.8) is 0 Å². The number of aliphatic imine (C=N–C) groups is 1. The van der Waals surface area contributed by atoms with Crippen LogP contribution in [0.4, 0.5) is 0 Å². The van der Waals surface area contributed by atoms with Crippen LogP contribution in [-0.4, -0.2) is 43.1 Å². The van der Waals surface area contributed by atoms with Gasteiger partial charge in [-0.3, -0.25) is 4.99 Å². The van der Waals surface area contributed by atoms with E-state index in [0.717, 1.165) is 24.7 Å². The van der Waals surface area contributed by atoms with Crippen molar-refractivity contribution < 1.29 is 4.74 Å². The molecule has 0 atom stereocenters. The molecule has 1 aromatic carbocycles. The van der Waals surface area contributed by atoms with E-state index in [4.69, 9.17) is 4.74 Å². The van der Waals surface area contributed by atoms with E-state index in [9.17, 15) is 0 Å². The molecule has 100 valence electrons. The molecule has 1 aliphatic rings. The second kappa shape index (κ2) is 4.30. The van der Waals surface area contributed by atoms with E-state index in [0.29, 0.717) is 0 Å². The van der Waals surface area contributed by atoms with Crippen molar-refractivity contribution in [1.82, 2.24) is 9.47 Å². The van der Waals surface area contributed by atoms with Gasteiger partial charge >= 0.3 is 0 Å². The van der Waals surface area contributed by atoms with Gasteiger partial charge in [0.15, 0.2) is 0 Å². The number of aryl methyl sites for hydroxylation is 1. The van der Waals surface area contributed by atoms with Gasteiger partial charge in [-0.1, -0.05) is 0 Å². The van der Waals surface area contributed by atoms with Crippen molar-refractivity contribution >= 4 is 16.7 Å². The average molecular weight is 257 g/mol. The molecule has 0 saturated carbocycles. The van der Waals surface area contributed by atoms with Crippen LogP contribution in [-0.2, 0) is 6.54 Å². The minimum Gasteiger partial charge on any atom is -0.497 e. The highest BCUT2D eigenvalue weighted by molar-refractivity contribution is 6.05. The summed E-state index contributed by atoms with van der Waals surface area (Å²) in [7, 11) is 5.67. The molecule has 3 rings (SSSR count). The minimum absolute atomic E-state index is 0.905. The second-order valence-corrected chi connectivity index (χ2v) is 4.98. The van der Waals surface area contributed by atoms with Gasteiger partial charge in [0.25, 0.3) is 0 Å². The number of nitrogens with zero attached hydrogens (tertiary/aromatic N) is 3. The topological polar surface area (TPSA) is 29.8 Å². The first kappa shape index (κ1) is 12.1. The monoisotopic (exact) mass is 257 g/mol. The van der Waals surface area contributed by atoms with E-state index >= 15 is 0 Å². The molecule has 0 spiro atoms. The second-order valence-electron chi connectivity index (χ2n) is 4.98. The number of aromatic nitrogens is 1. The summed E-state index contributed by atoms with van der Waals surface area (Å²) in [5.41, 5.74) is 3.78. The summed E-state index contributed by atoms with van der Waals surface area (Å²) in [6.45, 7) is 4.16. The summed E-state index contributed by atoms with van der Waals surface area (Å²) >= 11 is 0. The number of fused-ring (bicyclic) bond motifs is 3. The van der Waals surface area contributed by atoms with Gasteiger partial charge in [0, 0.05) is 38.1 Å². The molecule has 0 amide bonds. The van der Waals surface area contributed by atoms with Gasteiger partial charge in [0.05, 0.1) is 12.8 Å². The van der Waals surface area contributed by atoms with Crippen molar-refractivity contribution in [3.05, 3.63) is 29.5 Å². The van der Waals surface area contributed by atoms with E-state index in [1.165, 1.54) is 22.2 Å². The lowest BCUT2D eigenvalue weighted by atomic mass is 10.1.